The largest absolute Gasteiger partial charge is 0.347 e. The predicted molar refractivity (Wildman–Crippen MR) is 82.2 cm³/mol. The highest BCUT2D eigenvalue weighted by Gasteiger charge is 2.43. The maximum atomic E-state index is 11.9. The number of aromatic nitrogens is 1. The highest BCUT2D eigenvalue weighted by Crippen LogP contribution is 2.25. The van der Waals surface area contributed by atoms with Gasteiger partial charge >= 0.3 is 0 Å². The van der Waals surface area contributed by atoms with Crippen LogP contribution in [0, 0.1) is 17.8 Å². The van der Waals surface area contributed by atoms with Gasteiger partial charge in [0.05, 0.1) is 5.69 Å². The van der Waals surface area contributed by atoms with Crippen LogP contribution in [0.2, 0.25) is 0 Å². The number of carbonyl (C=O) groups is 1. The molecule has 1 unspecified atom stereocenters. The fourth-order valence-electron chi connectivity index (χ4n) is 2.17. The number of hydroxylamine groups is 1. The van der Waals surface area contributed by atoms with Crippen molar-refractivity contribution in [3.63, 3.8) is 0 Å². The Morgan fingerprint density at radius 1 is 1.57 bits per heavy atom. The lowest BCUT2D eigenvalue weighted by molar-refractivity contribution is -0.131. The number of hydrogen-bond acceptors (Lipinski definition) is 6. The van der Waals surface area contributed by atoms with Crippen LogP contribution in [0.1, 0.15) is 44.1 Å². The van der Waals surface area contributed by atoms with E-state index < -0.39 is 20.5 Å². The summed E-state index contributed by atoms with van der Waals surface area (Å²) >= 11 is 0. The van der Waals surface area contributed by atoms with Gasteiger partial charge in [-0.1, -0.05) is 17.5 Å². The first-order valence-corrected chi connectivity index (χ1v) is 9.26. The normalized spacial score (nSPS) is 17.5. The maximum Gasteiger partial charge on any atom is 0.264 e. The summed E-state index contributed by atoms with van der Waals surface area (Å²) < 4.78 is 27.1. The minimum absolute atomic E-state index is 0.0275. The van der Waals surface area contributed by atoms with Crippen LogP contribution in [0.15, 0.2) is 10.6 Å². The van der Waals surface area contributed by atoms with Crippen LogP contribution in [0.25, 0.3) is 0 Å². The summed E-state index contributed by atoms with van der Waals surface area (Å²) in [5.74, 6) is 5.89. The van der Waals surface area contributed by atoms with Crippen molar-refractivity contribution in [2.75, 3.05) is 6.26 Å². The van der Waals surface area contributed by atoms with Crippen molar-refractivity contribution in [1.29, 1.82) is 0 Å². The SMILES string of the molecule is CC(CCc1cc(C#CC2CCC2)on1)(C(=O)NO)S(C)(=O)=O. The fourth-order valence-corrected chi connectivity index (χ4v) is 3.02. The Morgan fingerprint density at radius 3 is 2.78 bits per heavy atom. The van der Waals surface area contributed by atoms with Crippen molar-refractivity contribution in [2.24, 2.45) is 5.92 Å². The van der Waals surface area contributed by atoms with Gasteiger partial charge in [0.15, 0.2) is 9.84 Å². The average Bonchev–Trinajstić information content (AvgIpc) is 2.89. The van der Waals surface area contributed by atoms with Crippen molar-refractivity contribution in [1.82, 2.24) is 10.6 Å². The molecule has 1 saturated carbocycles. The molecule has 0 aliphatic heterocycles. The highest BCUT2D eigenvalue weighted by molar-refractivity contribution is 7.92. The topological polar surface area (TPSA) is 110 Å². The molecule has 0 saturated heterocycles. The zero-order chi connectivity index (χ0) is 17.1. The molecular weight excluding hydrogens is 320 g/mol. The summed E-state index contributed by atoms with van der Waals surface area (Å²) in [6.07, 6.45) is 4.57. The molecule has 1 aromatic heterocycles. The first-order valence-electron chi connectivity index (χ1n) is 7.37. The molecule has 0 radical (unpaired) electrons. The molecule has 23 heavy (non-hydrogen) atoms. The van der Waals surface area contributed by atoms with Crippen molar-refractivity contribution >= 4 is 15.7 Å². The summed E-state index contributed by atoms with van der Waals surface area (Å²) in [5.41, 5.74) is 1.93. The van der Waals surface area contributed by atoms with E-state index in [1.165, 1.54) is 18.8 Å². The van der Waals surface area contributed by atoms with Crippen LogP contribution in [0.5, 0.6) is 0 Å². The van der Waals surface area contributed by atoms with Gasteiger partial charge < -0.3 is 4.52 Å². The first-order chi connectivity index (χ1) is 10.8. The molecule has 2 N–H and O–H groups in total. The number of sulfone groups is 1. The standard InChI is InChI=1S/C15H20N2O5S/c1-15(14(18)16-19,23(2,20)21)9-8-12-10-13(22-17-12)7-6-11-4-3-5-11/h10-11,19H,3-5,8-9H2,1-2H3,(H,16,18). The second kappa shape index (κ2) is 6.72. The monoisotopic (exact) mass is 340 g/mol. The number of carbonyl (C=O) groups excluding carboxylic acids is 1. The van der Waals surface area contributed by atoms with Gasteiger partial charge in [-0.2, -0.15) is 0 Å². The van der Waals surface area contributed by atoms with Gasteiger partial charge in [0, 0.05) is 18.2 Å². The van der Waals surface area contributed by atoms with E-state index in [1.807, 2.05) is 0 Å². The van der Waals surface area contributed by atoms with Gasteiger partial charge in [0.1, 0.15) is 4.75 Å². The predicted octanol–water partition coefficient (Wildman–Crippen LogP) is 1.07. The Balaban J connectivity index is 2.05. The summed E-state index contributed by atoms with van der Waals surface area (Å²) in [7, 11) is -3.71. The maximum absolute atomic E-state index is 11.9. The number of nitrogens with zero attached hydrogens (tertiary/aromatic N) is 1. The van der Waals surface area contributed by atoms with Crippen LogP contribution in [-0.2, 0) is 21.1 Å². The van der Waals surface area contributed by atoms with E-state index in [0.29, 0.717) is 17.4 Å². The second-order valence-corrected chi connectivity index (χ2v) is 8.47. The number of nitrogens with one attached hydrogen (secondary N) is 1. The molecular formula is C15H20N2O5S. The molecule has 0 bridgehead atoms. The Hall–Kier alpha value is -1.85. The average molecular weight is 340 g/mol. The minimum Gasteiger partial charge on any atom is -0.347 e. The third-order valence-corrected chi connectivity index (χ3v) is 6.35. The Kier molecular flexibility index (Phi) is 5.12. The van der Waals surface area contributed by atoms with E-state index in [2.05, 4.69) is 17.0 Å². The molecule has 2 rings (SSSR count). The number of amides is 1. The summed E-state index contributed by atoms with van der Waals surface area (Å²) in [4.78, 5) is 11.7. The Morgan fingerprint density at radius 2 is 2.26 bits per heavy atom. The molecule has 1 heterocycles. The van der Waals surface area contributed by atoms with Crippen LogP contribution < -0.4 is 5.48 Å². The fraction of sp³-hybridized carbons (Fsp3) is 0.600. The van der Waals surface area contributed by atoms with E-state index in [4.69, 9.17) is 9.73 Å². The molecule has 1 aliphatic rings. The molecule has 0 aromatic carbocycles. The van der Waals surface area contributed by atoms with E-state index in [0.717, 1.165) is 19.1 Å². The van der Waals surface area contributed by atoms with Gasteiger partial charge in [-0.25, -0.2) is 13.9 Å². The zero-order valence-corrected chi connectivity index (χ0v) is 13.9. The molecule has 8 heteroatoms. The van der Waals surface area contributed by atoms with Crippen molar-refractivity contribution in [3.05, 3.63) is 17.5 Å². The number of aryl methyl sites for hydroxylation is 1. The van der Waals surface area contributed by atoms with Crippen molar-refractivity contribution in [2.45, 2.75) is 43.8 Å². The molecule has 0 spiro atoms. The molecule has 1 aromatic rings. The van der Waals surface area contributed by atoms with Gasteiger partial charge in [-0.15, -0.1) is 0 Å². The minimum atomic E-state index is -3.71. The lowest BCUT2D eigenvalue weighted by Gasteiger charge is -2.24. The van der Waals surface area contributed by atoms with Crippen LogP contribution in [-0.4, -0.2) is 35.7 Å². The second-order valence-electron chi connectivity index (χ2n) is 6.02. The van der Waals surface area contributed by atoms with Crippen LogP contribution >= 0.6 is 0 Å². The Labute approximate surface area is 135 Å². The van der Waals surface area contributed by atoms with Crippen LogP contribution in [0.4, 0.5) is 0 Å². The summed E-state index contributed by atoms with van der Waals surface area (Å²) in [5, 5.41) is 12.6. The molecule has 7 nitrogen and oxygen atoms in total. The molecule has 126 valence electrons. The lowest BCUT2D eigenvalue weighted by atomic mass is 9.86. The quantitative estimate of drug-likeness (QED) is 0.471. The molecule has 1 aliphatic carbocycles. The smallest absolute Gasteiger partial charge is 0.264 e. The van der Waals surface area contributed by atoms with Gasteiger partial charge in [-0.3, -0.25) is 10.0 Å². The third-order valence-electron chi connectivity index (χ3n) is 4.32. The van der Waals surface area contributed by atoms with Crippen molar-refractivity contribution in [3.8, 4) is 11.8 Å². The van der Waals surface area contributed by atoms with Gasteiger partial charge in [-0.05, 0) is 38.5 Å². The van der Waals surface area contributed by atoms with Gasteiger partial charge in [0.25, 0.3) is 5.91 Å². The number of rotatable bonds is 5. The van der Waals surface area contributed by atoms with E-state index >= 15 is 0 Å². The van der Waals surface area contributed by atoms with E-state index in [9.17, 15) is 13.2 Å². The summed E-state index contributed by atoms with van der Waals surface area (Å²) in [6.45, 7) is 1.27. The first kappa shape index (κ1) is 17.5. The van der Waals surface area contributed by atoms with Crippen molar-refractivity contribution < 1.29 is 22.9 Å². The van der Waals surface area contributed by atoms with E-state index in [1.54, 1.807) is 6.07 Å². The summed E-state index contributed by atoms with van der Waals surface area (Å²) in [6, 6.07) is 1.64. The molecule has 1 amide bonds. The highest BCUT2D eigenvalue weighted by atomic mass is 32.2. The third kappa shape index (κ3) is 3.92. The van der Waals surface area contributed by atoms with E-state index in [-0.39, 0.29) is 12.8 Å². The van der Waals surface area contributed by atoms with Crippen LogP contribution in [0.3, 0.4) is 0 Å². The zero-order valence-electron chi connectivity index (χ0n) is 13.1. The lowest BCUT2D eigenvalue weighted by Crippen LogP contribution is -2.49. The number of hydrogen-bond donors (Lipinski definition) is 2. The Bertz CT molecular complexity index is 739. The molecule has 1 fully saturated rings. The molecule has 1 atom stereocenters. The van der Waals surface area contributed by atoms with Gasteiger partial charge in [0.2, 0.25) is 5.76 Å².